The van der Waals surface area contributed by atoms with Crippen LogP contribution >= 0.6 is 0 Å². The molecule has 5 nitrogen and oxygen atoms in total. The van der Waals surface area contributed by atoms with Gasteiger partial charge in [0.1, 0.15) is 0 Å². The van der Waals surface area contributed by atoms with E-state index < -0.39 is 0 Å². The maximum Gasteiger partial charge on any atom is 0.357 e. The van der Waals surface area contributed by atoms with Gasteiger partial charge in [0.05, 0.1) is 37.0 Å². The van der Waals surface area contributed by atoms with E-state index in [1.54, 1.807) is 23.1 Å². The van der Waals surface area contributed by atoms with E-state index in [-0.39, 0.29) is 5.97 Å². The van der Waals surface area contributed by atoms with E-state index in [4.69, 9.17) is 4.74 Å². The number of ether oxygens (including phenoxy) is 1. The summed E-state index contributed by atoms with van der Waals surface area (Å²) in [6, 6.07) is 0. The summed E-state index contributed by atoms with van der Waals surface area (Å²) in [7, 11) is 1.38. The van der Waals surface area contributed by atoms with E-state index in [9.17, 15) is 4.79 Å². The van der Waals surface area contributed by atoms with Crippen LogP contribution in [0.25, 0.3) is 5.52 Å². The van der Waals surface area contributed by atoms with Crippen molar-refractivity contribution < 1.29 is 9.53 Å². The SMILES string of the molecule is COC(=O)c1c(C2CC2)ncc2cncn12. The number of nitrogens with zero attached hydrogens (tertiary/aromatic N) is 3. The summed E-state index contributed by atoms with van der Waals surface area (Å²) in [6.07, 6.45) is 7.23. The standard InChI is InChI=1S/C11H11N3O2/c1-16-11(15)10-9(7-2-3-7)13-5-8-4-12-6-14(8)10/h4-7H,2-3H2,1H3. The van der Waals surface area contributed by atoms with Crippen molar-refractivity contribution in [2.24, 2.45) is 0 Å². The minimum atomic E-state index is -0.349. The lowest BCUT2D eigenvalue weighted by Crippen LogP contribution is -2.12. The summed E-state index contributed by atoms with van der Waals surface area (Å²) in [5.41, 5.74) is 2.15. The summed E-state index contributed by atoms with van der Waals surface area (Å²) in [6.45, 7) is 0. The van der Waals surface area contributed by atoms with Gasteiger partial charge in [0.2, 0.25) is 0 Å². The molecule has 0 unspecified atom stereocenters. The van der Waals surface area contributed by atoms with Gasteiger partial charge in [0.25, 0.3) is 0 Å². The molecule has 1 fully saturated rings. The molecule has 2 heterocycles. The highest BCUT2D eigenvalue weighted by atomic mass is 16.5. The van der Waals surface area contributed by atoms with Crippen LogP contribution in [-0.4, -0.2) is 27.4 Å². The smallest absolute Gasteiger partial charge is 0.357 e. The van der Waals surface area contributed by atoms with E-state index in [0.29, 0.717) is 11.6 Å². The monoisotopic (exact) mass is 217 g/mol. The molecule has 3 rings (SSSR count). The molecule has 5 heteroatoms. The number of imidazole rings is 1. The molecular formula is C11H11N3O2. The highest BCUT2D eigenvalue weighted by Crippen LogP contribution is 2.40. The fourth-order valence-electron chi connectivity index (χ4n) is 1.86. The summed E-state index contributed by atoms with van der Waals surface area (Å²) >= 11 is 0. The average Bonchev–Trinajstić information content (AvgIpc) is 3.04. The van der Waals surface area contributed by atoms with Gasteiger partial charge in [0.15, 0.2) is 5.69 Å². The van der Waals surface area contributed by atoms with Crippen LogP contribution in [0, 0.1) is 0 Å². The van der Waals surface area contributed by atoms with Gasteiger partial charge in [-0.25, -0.2) is 9.78 Å². The van der Waals surface area contributed by atoms with Gasteiger partial charge in [-0.05, 0) is 12.8 Å². The van der Waals surface area contributed by atoms with E-state index in [2.05, 4.69) is 9.97 Å². The maximum atomic E-state index is 11.8. The Morgan fingerprint density at radius 3 is 3.00 bits per heavy atom. The Kier molecular flexibility index (Phi) is 1.92. The van der Waals surface area contributed by atoms with E-state index in [1.807, 2.05) is 0 Å². The Balaban J connectivity index is 2.27. The number of methoxy groups -OCH3 is 1. The van der Waals surface area contributed by atoms with Crippen molar-refractivity contribution in [2.75, 3.05) is 7.11 Å². The third-order valence-corrected chi connectivity index (χ3v) is 2.83. The Hall–Kier alpha value is -1.91. The lowest BCUT2D eigenvalue weighted by Gasteiger charge is -2.08. The van der Waals surface area contributed by atoms with Crippen LogP contribution in [0.2, 0.25) is 0 Å². The van der Waals surface area contributed by atoms with Crippen molar-refractivity contribution in [3.8, 4) is 0 Å². The largest absolute Gasteiger partial charge is 0.464 e. The molecule has 16 heavy (non-hydrogen) atoms. The first-order chi connectivity index (χ1) is 7.81. The van der Waals surface area contributed by atoms with Gasteiger partial charge in [-0.1, -0.05) is 0 Å². The Labute approximate surface area is 92.1 Å². The second kappa shape index (κ2) is 3.30. The number of rotatable bonds is 2. The molecule has 1 aliphatic rings. The Morgan fingerprint density at radius 2 is 2.31 bits per heavy atom. The molecule has 82 valence electrons. The number of hydrogen-bond donors (Lipinski definition) is 0. The number of carbonyl (C=O) groups excluding carboxylic acids is 1. The van der Waals surface area contributed by atoms with Crippen molar-refractivity contribution in [2.45, 2.75) is 18.8 Å². The number of aromatic nitrogens is 3. The maximum absolute atomic E-state index is 11.8. The Bertz CT molecular complexity index is 557. The first kappa shape index (κ1) is 9.33. The van der Waals surface area contributed by atoms with Crippen LogP contribution in [0.1, 0.15) is 34.9 Å². The van der Waals surface area contributed by atoms with Gasteiger partial charge < -0.3 is 4.74 Å². The van der Waals surface area contributed by atoms with Gasteiger partial charge in [-0.3, -0.25) is 9.38 Å². The van der Waals surface area contributed by atoms with Crippen molar-refractivity contribution >= 4 is 11.5 Å². The number of fused-ring (bicyclic) bond motifs is 1. The molecule has 0 aromatic carbocycles. The summed E-state index contributed by atoms with van der Waals surface area (Å²) in [5.74, 6) is 0.0545. The lowest BCUT2D eigenvalue weighted by atomic mass is 10.2. The zero-order chi connectivity index (χ0) is 11.1. The van der Waals surface area contributed by atoms with Crippen molar-refractivity contribution in [1.29, 1.82) is 0 Å². The fraction of sp³-hybridized carbons (Fsp3) is 0.364. The van der Waals surface area contributed by atoms with E-state index >= 15 is 0 Å². The molecule has 0 saturated heterocycles. The number of carbonyl (C=O) groups is 1. The molecule has 0 bridgehead atoms. The quantitative estimate of drug-likeness (QED) is 0.713. The van der Waals surface area contributed by atoms with Crippen LogP contribution in [-0.2, 0) is 4.74 Å². The molecule has 0 amide bonds. The number of esters is 1. The topological polar surface area (TPSA) is 56.5 Å². The third-order valence-electron chi connectivity index (χ3n) is 2.83. The first-order valence-electron chi connectivity index (χ1n) is 5.20. The van der Waals surface area contributed by atoms with Crippen LogP contribution < -0.4 is 0 Å². The predicted octanol–water partition coefficient (Wildman–Crippen LogP) is 1.39. The van der Waals surface area contributed by atoms with Crippen molar-refractivity contribution in [1.82, 2.24) is 14.4 Å². The van der Waals surface area contributed by atoms with Crippen molar-refractivity contribution in [3.05, 3.63) is 30.1 Å². The molecule has 0 spiro atoms. The molecule has 1 saturated carbocycles. The molecule has 0 N–H and O–H groups in total. The van der Waals surface area contributed by atoms with Gasteiger partial charge in [0, 0.05) is 5.92 Å². The summed E-state index contributed by atoms with van der Waals surface area (Å²) in [4.78, 5) is 20.1. The molecule has 0 radical (unpaired) electrons. The Morgan fingerprint density at radius 1 is 1.50 bits per heavy atom. The molecule has 0 aliphatic heterocycles. The van der Waals surface area contributed by atoms with E-state index in [0.717, 1.165) is 24.1 Å². The minimum absolute atomic E-state index is 0.349. The molecule has 1 aliphatic carbocycles. The molecule has 0 atom stereocenters. The molecule has 2 aromatic rings. The normalized spacial score (nSPS) is 15.3. The highest BCUT2D eigenvalue weighted by Gasteiger charge is 2.31. The molecular weight excluding hydrogens is 206 g/mol. The minimum Gasteiger partial charge on any atom is -0.464 e. The van der Waals surface area contributed by atoms with Gasteiger partial charge in [-0.15, -0.1) is 0 Å². The van der Waals surface area contributed by atoms with Crippen LogP contribution in [0.5, 0.6) is 0 Å². The van der Waals surface area contributed by atoms with Crippen LogP contribution in [0.3, 0.4) is 0 Å². The van der Waals surface area contributed by atoms with Gasteiger partial charge >= 0.3 is 5.97 Å². The zero-order valence-electron chi connectivity index (χ0n) is 8.88. The number of hydrogen-bond acceptors (Lipinski definition) is 4. The lowest BCUT2D eigenvalue weighted by molar-refractivity contribution is 0.0590. The second-order valence-corrected chi connectivity index (χ2v) is 3.95. The second-order valence-electron chi connectivity index (χ2n) is 3.95. The summed E-state index contributed by atoms with van der Waals surface area (Å²) < 4.78 is 6.55. The van der Waals surface area contributed by atoms with Crippen LogP contribution in [0.4, 0.5) is 0 Å². The van der Waals surface area contributed by atoms with E-state index in [1.165, 1.54) is 7.11 Å². The predicted molar refractivity (Wildman–Crippen MR) is 56.3 cm³/mol. The first-order valence-corrected chi connectivity index (χ1v) is 5.20. The van der Waals surface area contributed by atoms with Crippen molar-refractivity contribution in [3.63, 3.8) is 0 Å². The van der Waals surface area contributed by atoms with Crippen LogP contribution in [0.15, 0.2) is 18.7 Å². The third kappa shape index (κ3) is 1.28. The highest BCUT2D eigenvalue weighted by molar-refractivity contribution is 5.89. The fourth-order valence-corrected chi connectivity index (χ4v) is 1.86. The summed E-state index contributed by atoms with van der Waals surface area (Å²) in [5, 5.41) is 0. The molecule has 2 aromatic heterocycles. The average molecular weight is 217 g/mol. The zero-order valence-corrected chi connectivity index (χ0v) is 8.88. The van der Waals surface area contributed by atoms with Gasteiger partial charge in [-0.2, -0.15) is 0 Å².